The van der Waals surface area contributed by atoms with Crippen molar-refractivity contribution in [3.63, 3.8) is 0 Å². The largest absolute Gasteiger partial charge is 0.515 e. The van der Waals surface area contributed by atoms with E-state index in [1.807, 2.05) is 0 Å². The van der Waals surface area contributed by atoms with Crippen molar-refractivity contribution < 1.29 is 19.4 Å². The van der Waals surface area contributed by atoms with Crippen molar-refractivity contribution in [3.8, 4) is 0 Å². The molecule has 0 aromatic heterocycles. The summed E-state index contributed by atoms with van der Waals surface area (Å²) in [6.07, 6.45) is 0.238. The van der Waals surface area contributed by atoms with Gasteiger partial charge in [-0.1, -0.05) is 0 Å². The lowest BCUT2D eigenvalue weighted by molar-refractivity contribution is -0.119. The summed E-state index contributed by atoms with van der Waals surface area (Å²) < 4.78 is 9.60. The van der Waals surface area contributed by atoms with E-state index in [0.717, 1.165) is 0 Å². The van der Waals surface area contributed by atoms with E-state index in [9.17, 15) is 4.79 Å². The second kappa shape index (κ2) is 5.56. The summed E-state index contributed by atoms with van der Waals surface area (Å²) in [6.45, 7) is 0. The van der Waals surface area contributed by atoms with Gasteiger partial charge in [-0.05, 0) is 0 Å². The SMILES string of the molecule is COC(CC(=CO)C(N)=O)OC. The smallest absolute Gasteiger partial charge is 0.247 e. The number of aliphatic hydroxyl groups excluding tert-OH is 1. The fourth-order valence-corrected chi connectivity index (χ4v) is 0.659. The van der Waals surface area contributed by atoms with E-state index in [4.69, 9.17) is 20.3 Å². The van der Waals surface area contributed by atoms with E-state index in [2.05, 4.69) is 0 Å². The zero-order valence-corrected chi connectivity index (χ0v) is 7.11. The van der Waals surface area contributed by atoms with Gasteiger partial charge in [0.25, 0.3) is 0 Å². The van der Waals surface area contributed by atoms with Crippen LogP contribution in [-0.2, 0) is 14.3 Å². The number of aliphatic hydroxyl groups is 1. The van der Waals surface area contributed by atoms with Gasteiger partial charge in [0.05, 0.1) is 11.8 Å². The monoisotopic (exact) mass is 175 g/mol. The molecule has 0 saturated heterocycles. The third kappa shape index (κ3) is 3.36. The van der Waals surface area contributed by atoms with Crippen molar-refractivity contribution in [2.75, 3.05) is 14.2 Å². The lowest BCUT2D eigenvalue weighted by atomic mass is 10.2. The van der Waals surface area contributed by atoms with Gasteiger partial charge in [0, 0.05) is 20.6 Å². The Morgan fingerprint density at radius 2 is 2.08 bits per heavy atom. The van der Waals surface area contributed by atoms with Crippen LogP contribution in [0.15, 0.2) is 11.8 Å². The molecule has 0 radical (unpaired) electrons. The Balaban J connectivity index is 4.11. The lowest BCUT2D eigenvalue weighted by Gasteiger charge is -2.12. The van der Waals surface area contributed by atoms with Crippen LogP contribution in [0.4, 0.5) is 0 Å². The molecule has 1 amide bonds. The molecule has 70 valence electrons. The molecular formula is C7H13NO4. The fraction of sp³-hybridized carbons (Fsp3) is 0.571. The molecule has 0 aliphatic heterocycles. The van der Waals surface area contributed by atoms with Gasteiger partial charge in [-0.3, -0.25) is 4.79 Å². The Hall–Kier alpha value is -1.07. The van der Waals surface area contributed by atoms with Crippen LogP contribution in [0.5, 0.6) is 0 Å². The van der Waals surface area contributed by atoms with Crippen LogP contribution in [0.3, 0.4) is 0 Å². The van der Waals surface area contributed by atoms with E-state index < -0.39 is 12.2 Å². The van der Waals surface area contributed by atoms with Crippen LogP contribution in [0.2, 0.25) is 0 Å². The predicted octanol–water partition coefficient (Wildman–Crippen LogP) is -0.0774. The van der Waals surface area contributed by atoms with Gasteiger partial charge < -0.3 is 20.3 Å². The van der Waals surface area contributed by atoms with Crippen molar-refractivity contribution in [2.45, 2.75) is 12.7 Å². The van der Waals surface area contributed by atoms with Crippen LogP contribution in [-0.4, -0.2) is 31.5 Å². The van der Waals surface area contributed by atoms with Crippen molar-refractivity contribution in [3.05, 3.63) is 11.8 Å². The van der Waals surface area contributed by atoms with Gasteiger partial charge >= 0.3 is 0 Å². The maximum atomic E-state index is 10.6. The van der Waals surface area contributed by atoms with Crippen LogP contribution >= 0.6 is 0 Å². The number of hydrogen-bond acceptors (Lipinski definition) is 4. The molecule has 0 unspecified atom stereocenters. The maximum Gasteiger partial charge on any atom is 0.247 e. The van der Waals surface area contributed by atoms with E-state index >= 15 is 0 Å². The van der Waals surface area contributed by atoms with Gasteiger partial charge in [0.2, 0.25) is 5.91 Å². The topological polar surface area (TPSA) is 81.8 Å². The van der Waals surface area contributed by atoms with Gasteiger partial charge in [0.1, 0.15) is 0 Å². The molecular weight excluding hydrogens is 162 g/mol. The first-order valence-electron chi connectivity index (χ1n) is 3.34. The van der Waals surface area contributed by atoms with Gasteiger partial charge in [0.15, 0.2) is 6.29 Å². The summed E-state index contributed by atoms with van der Waals surface area (Å²) in [5.74, 6) is -0.684. The summed E-state index contributed by atoms with van der Waals surface area (Å²) in [5.41, 5.74) is 5.00. The molecule has 0 bridgehead atoms. The first kappa shape index (κ1) is 10.9. The molecule has 12 heavy (non-hydrogen) atoms. The maximum absolute atomic E-state index is 10.6. The van der Waals surface area contributed by atoms with E-state index in [-0.39, 0.29) is 12.0 Å². The van der Waals surface area contributed by atoms with Crippen LogP contribution in [0.25, 0.3) is 0 Å². The molecule has 0 aliphatic rings. The summed E-state index contributed by atoms with van der Waals surface area (Å²) in [7, 11) is 2.87. The highest BCUT2D eigenvalue weighted by Crippen LogP contribution is 2.07. The third-order valence-corrected chi connectivity index (χ3v) is 1.38. The summed E-state index contributed by atoms with van der Waals surface area (Å²) in [6, 6.07) is 0. The number of nitrogens with two attached hydrogens (primary N) is 1. The Morgan fingerprint density at radius 3 is 2.33 bits per heavy atom. The number of rotatable bonds is 5. The number of primary amides is 1. The summed E-state index contributed by atoms with van der Waals surface area (Å²) in [4.78, 5) is 10.6. The zero-order chi connectivity index (χ0) is 9.56. The molecule has 0 aromatic carbocycles. The van der Waals surface area contributed by atoms with Gasteiger partial charge in [-0.25, -0.2) is 0 Å². The Morgan fingerprint density at radius 1 is 1.58 bits per heavy atom. The third-order valence-electron chi connectivity index (χ3n) is 1.38. The lowest BCUT2D eigenvalue weighted by Crippen LogP contribution is -2.21. The van der Waals surface area contributed by atoms with Crippen molar-refractivity contribution in [2.24, 2.45) is 5.73 Å². The van der Waals surface area contributed by atoms with Crippen molar-refractivity contribution in [1.29, 1.82) is 0 Å². The van der Waals surface area contributed by atoms with Gasteiger partial charge in [-0.15, -0.1) is 0 Å². The van der Waals surface area contributed by atoms with Crippen LogP contribution in [0.1, 0.15) is 6.42 Å². The second-order valence-corrected chi connectivity index (χ2v) is 2.12. The van der Waals surface area contributed by atoms with E-state index in [1.165, 1.54) is 14.2 Å². The molecule has 0 spiro atoms. The minimum absolute atomic E-state index is 0.0729. The zero-order valence-electron chi connectivity index (χ0n) is 7.11. The predicted molar refractivity (Wildman–Crippen MR) is 42.3 cm³/mol. The number of hydrogen-bond donors (Lipinski definition) is 2. The van der Waals surface area contributed by atoms with Crippen LogP contribution < -0.4 is 5.73 Å². The van der Waals surface area contributed by atoms with Crippen molar-refractivity contribution in [1.82, 2.24) is 0 Å². The molecule has 0 saturated carbocycles. The highest BCUT2D eigenvalue weighted by Gasteiger charge is 2.12. The first-order valence-corrected chi connectivity index (χ1v) is 3.34. The Kier molecular flexibility index (Phi) is 5.07. The highest BCUT2D eigenvalue weighted by molar-refractivity contribution is 5.91. The minimum Gasteiger partial charge on any atom is -0.515 e. The average molecular weight is 175 g/mol. The molecule has 0 aliphatic carbocycles. The number of ether oxygens (including phenoxy) is 2. The average Bonchev–Trinajstić information content (AvgIpc) is 2.06. The molecule has 0 atom stereocenters. The van der Waals surface area contributed by atoms with Crippen LogP contribution in [0, 0.1) is 0 Å². The fourth-order valence-electron chi connectivity index (χ4n) is 0.659. The Bertz CT molecular complexity index is 174. The molecule has 5 heteroatoms. The van der Waals surface area contributed by atoms with Gasteiger partial charge in [-0.2, -0.15) is 0 Å². The standard InChI is InChI=1S/C7H13NO4/c1-11-6(12-2)3-5(4-9)7(8)10/h4,6,9H,3H2,1-2H3,(H2,8,10). The molecule has 0 aromatic rings. The number of carbonyl (C=O) groups is 1. The van der Waals surface area contributed by atoms with E-state index in [1.54, 1.807) is 0 Å². The quantitative estimate of drug-likeness (QED) is 0.348. The molecule has 0 rings (SSSR count). The van der Waals surface area contributed by atoms with E-state index in [0.29, 0.717) is 6.26 Å². The highest BCUT2D eigenvalue weighted by atomic mass is 16.7. The number of carbonyl (C=O) groups excluding carboxylic acids is 1. The molecule has 5 nitrogen and oxygen atoms in total. The summed E-state index contributed by atoms with van der Waals surface area (Å²) >= 11 is 0. The number of methoxy groups -OCH3 is 2. The Labute approximate surface area is 70.8 Å². The summed E-state index contributed by atoms with van der Waals surface area (Å²) in [5, 5.41) is 8.56. The van der Waals surface area contributed by atoms with Crippen molar-refractivity contribution >= 4 is 5.91 Å². The first-order chi connectivity index (χ1) is 5.65. The minimum atomic E-state index is -0.684. The number of amides is 1. The molecule has 3 N–H and O–H groups in total. The molecule has 0 heterocycles. The normalized spacial score (nSPS) is 12.1. The molecule has 0 fully saturated rings. The second-order valence-electron chi connectivity index (χ2n) is 2.12.